The number of anilines is 1. The summed E-state index contributed by atoms with van der Waals surface area (Å²) in [5.41, 5.74) is 6.49. The van der Waals surface area contributed by atoms with Crippen LogP contribution >= 0.6 is 0 Å². The predicted octanol–water partition coefficient (Wildman–Crippen LogP) is 2.24. The Bertz CT molecular complexity index is 484. The van der Waals surface area contributed by atoms with Gasteiger partial charge in [0.25, 0.3) is 0 Å². The van der Waals surface area contributed by atoms with E-state index in [2.05, 4.69) is 10.5 Å². The van der Waals surface area contributed by atoms with Gasteiger partial charge in [-0.2, -0.15) is 0 Å². The van der Waals surface area contributed by atoms with Gasteiger partial charge in [0.15, 0.2) is 5.76 Å². The fraction of sp³-hybridized carbons (Fsp3) is 0.250. The molecule has 17 heavy (non-hydrogen) atoms. The van der Waals surface area contributed by atoms with Crippen molar-refractivity contribution in [1.29, 1.82) is 0 Å². The number of nitrogens with two attached hydrogens (primary N) is 1. The molecule has 1 aromatic heterocycles. The largest absolute Gasteiger partial charge is 0.381 e. The first kappa shape index (κ1) is 11.6. The minimum atomic E-state index is -0.328. The van der Waals surface area contributed by atoms with Gasteiger partial charge >= 0.3 is 0 Å². The summed E-state index contributed by atoms with van der Waals surface area (Å²) < 4.78 is 18.7. The van der Waals surface area contributed by atoms with E-state index in [4.69, 9.17) is 10.3 Å². The molecule has 0 saturated heterocycles. The number of nitrogens with one attached hydrogen (secondary N) is 1. The summed E-state index contributed by atoms with van der Waals surface area (Å²) in [6, 6.07) is 6.44. The maximum atomic E-state index is 13.6. The lowest BCUT2D eigenvalue weighted by atomic mass is 10.1. The summed E-state index contributed by atoms with van der Waals surface area (Å²) in [6.45, 7) is 1.31. The lowest BCUT2D eigenvalue weighted by Crippen LogP contribution is -2.08. The maximum Gasteiger partial charge on any atom is 0.192 e. The van der Waals surface area contributed by atoms with Crippen molar-refractivity contribution >= 4 is 5.69 Å². The number of halogens is 1. The van der Waals surface area contributed by atoms with E-state index in [1.165, 1.54) is 12.3 Å². The van der Waals surface area contributed by atoms with Crippen LogP contribution < -0.4 is 11.1 Å². The third kappa shape index (κ3) is 2.62. The summed E-state index contributed by atoms with van der Waals surface area (Å²) in [5.74, 6) is 0.0891. The van der Waals surface area contributed by atoms with Crippen molar-refractivity contribution in [2.24, 2.45) is 5.73 Å². The minimum absolute atomic E-state index is 0.328. The molecular weight excluding hydrogens is 221 g/mol. The van der Waals surface area contributed by atoms with Gasteiger partial charge in [-0.3, -0.25) is 0 Å². The predicted molar refractivity (Wildman–Crippen MR) is 64.1 cm³/mol. The molecule has 5 heteroatoms. The SMILES string of the molecule is NCCCNc1cnoc1-c1ccccc1F. The van der Waals surface area contributed by atoms with Gasteiger partial charge in [0.2, 0.25) is 0 Å². The van der Waals surface area contributed by atoms with Crippen LogP contribution in [0.5, 0.6) is 0 Å². The fourth-order valence-corrected chi connectivity index (χ4v) is 1.53. The standard InChI is InChI=1S/C12H14FN3O/c13-10-5-2-1-4-9(10)12-11(8-16-17-12)15-7-3-6-14/h1-2,4-5,8,15H,3,6-7,14H2. The molecule has 3 N–H and O–H groups in total. The number of benzene rings is 1. The monoisotopic (exact) mass is 235 g/mol. The molecule has 0 amide bonds. The lowest BCUT2D eigenvalue weighted by Gasteiger charge is -2.04. The fourth-order valence-electron chi connectivity index (χ4n) is 1.53. The Morgan fingerprint density at radius 3 is 2.94 bits per heavy atom. The minimum Gasteiger partial charge on any atom is -0.381 e. The number of nitrogens with zero attached hydrogens (tertiary/aromatic N) is 1. The highest BCUT2D eigenvalue weighted by molar-refractivity contribution is 5.72. The van der Waals surface area contributed by atoms with E-state index in [-0.39, 0.29) is 5.82 Å². The van der Waals surface area contributed by atoms with E-state index in [1.54, 1.807) is 18.2 Å². The van der Waals surface area contributed by atoms with Crippen molar-refractivity contribution in [3.05, 3.63) is 36.3 Å². The first-order valence-corrected chi connectivity index (χ1v) is 5.46. The number of aromatic nitrogens is 1. The highest BCUT2D eigenvalue weighted by Gasteiger charge is 2.13. The molecule has 0 radical (unpaired) electrons. The molecule has 1 heterocycles. The molecule has 0 aliphatic rings. The second kappa shape index (κ2) is 5.45. The number of rotatable bonds is 5. The topological polar surface area (TPSA) is 64.1 Å². The molecule has 2 aromatic rings. The summed E-state index contributed by atoms with van der Waals surface area (Å²) in [6.07, 6.45) is 2.38. The summed E-state index contributed by atoms with van der Waals surface area (Å²) in [5, 5.41) is 6.80. The Kier molecular flexibility index (Phi) is 3.72. The average Bonchev–Trinajstić information content (AvgIpc) is 2.78. The summed E-state index contributed by atoms with van der Waals surface area (Å²) in [4.78, 5) is 0. The molecule has 90 valence electrons. The molecule has 0 aliphatic heterocycles. The van der Waals surface area contributed by atoms with E-state index < -0.39 is 0 Å². The van der Waals surface area contributed by atoms with Gasteiger partial charge in [-0.05, 0) is 25.1 Å². The molecule has 0 fully saturated rings. The number of hydrogen-bond donors (Lipinski definition) is 2. The van der Waals surface area contributed by atoms with Crippen molar-refractivity contribution in [1.82, 2.24) is 5.16 Å². The molecule has 4 nitrogen and oxygen atoms in total. The molecule has 0 saturated carbocycles. The van der Waals surface area contributed by atoms with Crippen LogP contribution in [0.25, 0.3) is 11.3 Å². The average molecular weight is 235 g/mol. The smallest absolute Gasteiger partial charge is 0.192 e. The Hall–Kier alpha value is -1.88. The van der Waals surface area contributed by atoms with Gasteiger partial charge in [0.1, 0.15) is 11.5 Å². The third-order valence-corrected chi connectivity index (χ3v) is 2.39. The second-order valence-electron chi connectivity index (χ2n) is 3.62. The molecule has 0 aliphatic carbocycles. The Morgan fingerprint density at radius 1 is 1.35 bits per heavy atom. The van der Waals surface area contributed by atoms with Gasteiger partial charge < -0.3 is 15.6 Å². The molecule has 0 spiro atoms. The molecule has 0 atom stereocenters. The van der Waals surface area contributed by atoms with Crippen molar-refractivity contribution < 1.29 is 8.91 Å². The van der Waals surface area contributed by atoms with Gasteiger partial charge in [0, 0.05) is 6.54 Å². The van der Waals surface area contributed by atoms with Crippen LogP contribution in [0.15, 0.2) is 35.0 Å². The van der Waals surface area contributed by atoms with Crippen molar-refractivity contribution in [2.75, 3.05) is 18.4 Å². The number of hydrogen-bond acceptors (Lipinski definition) is 4. The highest BCUT2D eigenvalue weighted by Crippen LogP contribution is 2.29. The van der Waals surface area contributed by atoms with E-state index in [1.807, 2.05) is 0 Å². The van der Waals surface area contributed by atoms with Gasteiger partial charge in [0.05, 0.1) is 11.8 Å². The zero-order chi connectivity index (χ0) is 12.1. The van der Waals surface area contributed by atoms with E-state index in [0.29, 0.717) is 30.1 Å². The van der Waals surface area contributed by atoms with Gasteiger partial charge in [-0.15, -0.1) is 0 Å². The summed E-state index contributed by atoms with van der Waals surface area (Å²) in [7, 11) is 0. The van der Waals surface area contributed by atoms with E-state index in [9.17, 15) is 4.39 Å². The quantitative estimate of drug-likeness (QED) is 0.780. The van der Waals surface area contributed by atoms with Crippen LogP contribution in [0, 0.1) is 5.82 Å². The molecule has 1 aromatic carbocycles. The third-order valence-electron chi connectivity index (χ3n) is 2.39. The molecular formula is C12H14FN3O. The lowest BCUT2D eigenvalue weighted by molar-refractivity contribution is 0.430. The molecule has 0 bridgehead atoms. The zero-order valence-electron chi connectivity index (χ0n) is 9.32. The van der Waals surface area contributed by atoms with Crippen LogP contribution in [0.1, 0.15) is 6.42 Å². The Labute approximate surface area is 98.6 Å². The Morgan fingerprint density at radius 2 is 2.18 bits per heavy atom. The van der Waals surface area contributed by atoms with Crippen LogP contribution in [0.2, 0.25) is 0 Å². The second-order valence-corrected chi connectivity index (χ2v) is 3.62. The summed E-state index contributed by atoms with van der Waals surface area (Å²) >= 11 is 0. The van der Waals surface area contributed by atoms with Gasteiger partial charge in [-0.1, -0.05) is 17.3 Å². The molecule has 0 unspecified atom stereocenters. The first-order chi connectivity index (χ1) is 8.33. The van der Waals surface area contributed by atoms with Crippen LogP contribution in [-0.2, 0) is 0 Å². The van der Waals surface area contributed by atoms with Crippen LogP contribution in [-0.4, -0.2) is 18.2 Å². The zero-order valence-corrected chi connectivity index (χ0v) is 9.32. The van der Waals surface area contributed by atoms with Crippen LogP contribution in [0.3, 0.4) is 0 Å². The van der Waals surface area contributed by atoms with E-state index in [0.717, 1.165) is 6.42 Å². The highest BCUT2D eigenvalue weighted by atomic mass is 19.1. The van der Waals surface area contributed by atoms with Crippen molar-refractivity contribution in [3.63, 3.8) is 0 Å². The Balaban J connectivity index is 2.22. The first-order valence-electron chi connectivity index (χ1n) is 5.46. The van der Waals surface area contributed by atoms with Crippen LogP contribution in [0.4, 0.5) is 10.1 Å². The molecule has 2 rings (SSSR count). The van der Waals surface area contributed by atoms with E-state index >= 15 is 0 Å². The maximum absolute atomic E-state index is 13.6. The van der Waals surface area contributed by atoms with Crippen molar-refractivity contribution in [2.45, 2.75) is 6.42 Å². The normalized spacial score (nSPS) is 10.5. The van der Waals surface area contributed by atoms with Crippen molar-refractivity contribution in [3.8, 4) is 11.3 Å². The van der Waals surface area contributed by atoms with Gasteiger partial charge in [-0.25, -0.2) is 4.39 Å².